The second kappa shape index (κ2) is 1.87. The summed E-state index contributed by atoms with van der Waals surface area (Å²) in [6.45, 7) is 3.74. The molecule has 0 bridgehead atoms. The van der Waals surface area contributed by atoms with E-state index in [0.29, 0.717) is 6.42 Å². The highest BCUT2D eigenvalue weighted by molar-refractivity contribution is 5.96. The molecule has 0 unspecified atom stereocenters. The minimum Gasteiger partial charge on any atom is -0.504 e. The van der Waals surface area contributed by atoms with E-state index >= 15 is 0 Å². The zero-order valence-electron chi connectivity index (χ0n) is 5.64. The van der Waals surface area contributed by atoms with Crippen molar-refractivity contribution in [2.24, 2.45) is 5.92 Å². The Kier molecular flexibility index (Phi) is 1.31. The molecule has 1 rings (SSSR count). The molecule has 0 aromatic heterocycles. The molecule has 0 radical (unpaired) electrons. The fourth-order valence-corrected chi connectivity index (χ4v) is 0.981. The Balaban J connectivity index is 2.92. The molecule has 1 N–H and O–H groups in total. The third kappa shape index (κ3) is 0.846. The molecule has 2 heteroatoms. The number of ketones is 1. The zero-order valence-corrected chi connectivity index (χ0v) is 5.64. The van der Waals surface area contributed by atoms with Gasteiger partial charge in [-0.2, -0.15) is 0 Å². The number of hydrogen-bond acceptors (Lipinski definition) is 2. The lowest BCUT2D eigenvalue weighted by Gasteiger charge is -1.97. The van der Waals surface area contributed by atoms with Crippen molar-refractivity contribution in [2.45, 2.75) is 20.3 Å². The molecule has 0 heterocycles. The summed E-state index contributed by atoms with van der Waals surface area (Å²) in [4.78, 5) is 10.7. The number of carbonyl (C=O) groups is 1. The summed E-state index contributed by atoms with van der Waals surface area (Å²) in [5, 5.41) is 8.97. The molecule has 0 amide bonds. The monoisotopic (exact) mass is 126 g/mol. The molecule has 1 atom stereocenters. The topological polar surface area (TPSA) is 37.3 Å². The van der Waals surface area contributed by atoms with Gasteiger partial charge in [-0.15, -0.1) is 0 Å². The normalized spacial score (nSPS) is 27.8. The SMILES string of the molecule is CC1=C(O)C(=O)C[C@@H]1C. The van der Waals surface area contributed by atoms with E-state index in [0.717, 1.165) is 5.57 Å². The maximum Gasteiger partial charge on any atom is 0.197 e. The molecule has 0 saturated heterocycles. The predicted octanol–water partition coefficient (Wildman–Crippen LogP) is 1.43. The van der Waals surface area contributed by atoms with E-state index in [4.69, 9.17) is 5.11 Å². The van der Waals surface area contributed by atoms with Crippen LogP contribution in [-0.4, -0.2) is 10.9 Å². The zero-order chi connectivity index (χ0) is 7.02. The van der Waals surface area contributed by atoms with Crippen LogP contribution < -0.4 is 0 Å². The Hall–Kier alpha value is -0.790. The van der Waals surface area contributed by atoms with Crippen molar-refractivity contribution in [3.63, 3.8) is 0 Å². The van der Waals surface area contributed by atoms with Gasteiger partial charge in [0, 0.05) is 6.42 Å². The summed E-state index contributed by atoms with van der Waals surface area (Å²) in [6.07, 6.45) is 0.484. The number of carbonyl (C=O) groups excluding carboxylic acids is 1. The van der Waals surface area contributed by atoms with Gasteiger partial charge in [0.15, 0.2) is 11.5 Å². The molecule has 1 aliphatic carbocycles. The number of allylic oxidation sites excluding steroid dienone is 2. The van der Waals surface area contributed by atoms with Crippen LogP contribution in [-0.2, 0) is 4.79 Å². The molecule has 1 aliphatic rings. The highest BCUT2D eigenvalue weighted by Gasteiger charge is 2.25. The average Bonchev–Trinajstić information content (AvgIpc) is 1.98. The highest BCUT2D eigenvalue weighted by atomic mass is 16.3. The van der Waals surface area contributed by atoms with Crippen molar-refractivity contribution in [3.8, 4) is 0 Å². The Labute approximate surface area is 54.2 Å². The third-order valence-corrected chi connectivity index (χ3v) is 1.87. The van der Waals surface area contributed by atoms with Gasteiger partial charge < -0.3 is 5.11 Å². The summed E-state index contributed by atoms with van der Waals surface area (Å²) >= 11 is 0. The second-order valence-corrected chi connectivity index (χ2v) is 2.56. The largest absolute Gasteiger partial charge is 0.504 e. The molecule has 0 fully saturated rings. The molecule has 0 aliphatic heterocycles. The summed E-state index contributed by atoms with van der Waals surface area (Å²) in [5.74, 6) is 0.125. The minimum absolute atomic E-state index is 0.0116. The van der Waals surface area contributed by atoms with Crippen LogP contribution in [0.1, 0.15) is 20.3 Å². The lowest BCUT2D eigenvalue weighted by Crippen LogP contribution is -1.94. The predicted molar refractivity (Wildman–Crippen MR) is 34.1 cm³/mol. The van der Waals surface area contributed by atoms with E-state index in [-0.39, 0.29) is 17.5 Å². The van der Waals surface area contributed by atoms with Gasteiger partial charge in [-0.25, -0.2) is 0 Å². The summed E-state index contributed by atoms with van der Waals surface area (Å²) < 4.78 is 0. The van der Waals surface area contributed by atoms with E-state index in [1.807, 2.05) is 6.92 Å². The van der Waals surface area contributed by atoms with E-state index in [9.17, 15) is 4.79 Å². The molecule has 2 nitrogen and oxygen atoms in total. The number of rotatable bonds is 0. The lowest BCUT2D eigenvalue weighted by atomic mass is 10.1. The van der Waals surface area contributed by atoms with Crippen molar-refractivity contribution in [1.82, 2.24) is 0 Å². The smallest absolute Gasteiger partial charge is 0.197 e. The van der Waals surface area contributed by atoms with Crippen molar-refractivity contribution in [1.29, 1.82) is 0 Å². The Morgan fingerprint density at radius 2 is 2.22 bits per heavy atom. The Morgan fingerprint density at radius 3 is 2.33 bits per heavy atom. The van der Waals surface area contributed by atoms with E-state index in [1.54, 1.807) is 6.92 Å². The molecule has 0 aromatic carbocycles. The fourth-order valence-electron chi connectivity index (χ4n) is 0.981. The fraction of sp³-hybridized carbons (Fsp3) is 0.571. The average molecular weight is 126 g/mol. The van der Waals surface area contributed by atoms with Gasteiger partial charge in [-0.05, 0) is 18.4 Å². The van der Waals surface area contributed by atoms with Crippen LogP contribution in [0.4, 0.5) is 0 Å². The molecule has 0 aromatic rings. The maximum atomic E-state index is 10.7. The van der Waals surface area contributed by atoms with E-state index in [2.05, 4.69) is 0 Å². The second-order valence-electron chi connectivity index (χ2n) is 2.56. The minimum atomic E-state index is -0.111. The van der Waals surface area contributed by atoms with E-state index in [1.165, 1.54) is 0 Å². The van der Waals surface area contributed by atoms with Crippen molar-refractivity contribution < 1.29 is 9.90 Å². The Morgan fingerprint density at radius 1 is 1.67 bits per heavy atom. The first kappa shape index (κ1) is 6.33. The summed E-state index contributed by atoms with van der Waals surface area (Å²) in [5.41, 5.74) is 0.833. The first-order valence-electron chi connectivity index (χ1n) is 3.06. The number of aliphatic hydroxyl groups excluding tert-OH is 1. The van der Waals surface area contributed by atoms with Gasteiger partial charge in [0.2, 0.25) is 0 Å². The quantitative estimate of drug-likeness (QED) is 0.533. The number of hydrogen-bond donors (Lipinski definition) is 1. The van der Waals surface area contributed by atoms with Gasteiger partial charge in [-0.1, -0.05) is 6.92 Å². The Bertz CT molecular complexity index is 179. The summed E-state index contributed by atoms with van der Waals surface area (Å²) in [6, 6.07) is 0. The van der Waals surface area contributed by atoms with Crippen LogP contribution >= 0.6 is 0 Å². The van der Waals surface area contributed by atoms with Crippen LogP contribution in [0.5, 0.6) is 0 Å². The van der Waals surface area contributed by atoms with Crippen LogP contribution in [0.3, 0.4) is 0 Å². The van der Waals surface area contributed by atoms with E-state index < -0.39 is 0 Å². The first-order chi connectivity index (χ1) is 4.13. The van der Waals surface area contributed by atoms with Crippen LogP contribution in [0.25, 0.3) is 0 Å². The van der Waals surface area contributed by atoms with Gasteiger partial charge in [0.05, 0.1) is 0 Å². The van der Waals surface area contributed by atoms with Crippen LogP contribution in [0.2, 0.25) is 0 Å². The summed E-state index contributed by atoms with van der Waals surface area (Å²) in [7, 11) is 0. The third-order valence-electron chi connectivity index (χ3n) is 1.87. The molecular weight excluding hydrogens is 116 g/mol. The van der Waals surface area contributed by atoms with Gasteiger partial charge in [0.1, 0.15) is 0 Å². The number of Topliss-reactive ketones (excluding diaryl/α,β-unsaturated/α-hetero) is 1. The lowest BCUT2D eigenvalue weighted by molar-refractivity contribution is -0.117. The van der Waals surface area contributed by atoms with Gasteiger partial charge in [0.25, 0.3) is 0 Å². The van der Waals surface area contributed by atoms with Crippen LogP contribution in [0, 0.1) is 5.92 Å². The molecule has 9 heavy (non-hydrogen) atoms. The molecule has 50 valence electrons. The van der Waals surface area contributed by atoms with Crippen LogP contribution in [0.15, 0.2) is 11.3 Å². The maximum absolute atomic E-state index is 10.7. The highest BCUT2D eigenvalue weighted by Crippen LogP contribution is 2.26. The van der Waals surface area contributed by atoms with Gasteiger partial charge in [-0.3, -0.25) is 4.79 Å². The van der Waals surface area contributed by atoms with Crippen molar-refractivity contribution in [2.75, 3.05) is 0 Å². The standard InChI is InChI=1S/C7H10O2/c1-4-3-6(8)7(9)5(4)2/h4,9H,3H2,1-2H3/t4-/m0/s1. The number of aliphatic hydroxyl groups is 1. The molecular formula is C7H10O2. The molecule has 0 spiro atoms. The van der Waals surface area contributed by atoms with Crippen molar-refractivity contribution in [3.05, 3.63) is 11.3 Å². The van der Waals surface area contributed by atoms with Crippen molar-refractivity contribution >= 4 is 5.78 Å². The molecule has 0 saturated carbocycles. The van der Waals surface area contributed by atoms with Gasteiger partial charge >= 0.3 is 0 Å². The first-order valence-corrected chi connectivity index (χ1v) is 3.06.